The molecule has 1 aromatic heterocycles. The van der Waals surface area contributed by atoms with Crippen molar-refractivity contribution in [2.45, 2.75) is 35.5 Å². The highest BCUT2D eigenvalue weighted by Crippen LogP contribution is 2.63. The topological polar surface area (TPSA) is 53.1 Å². The second-order valence-corrected chi connectivity index (χ2v) is 8.97. The second-order valence-electron chi connectivity index (χ2n) is 6.77. The predicted octanol–water partition coefficient (Wildman–Crippen LogP) is 3.79. The number of fused-ring (bicyclic) bond motifs is 6. The molecule has 1 aliphatic heterocycles. The summed E-state index contributed by atoms with van der Waals surface area (Å²) in [7, 11) is 0. The lowest BCUT2D eigenvalue weighted by molar-refractivity contribution is 0.307. The van der Waals surface area contributed by atoms with Crippen molar-refractivity contribution in [1.82, 2.24) is 4.98 Å². The number of hydrogen-bond acceptors (Lipinski definition) is 4. The molecule has 1 aromatic carbocycles. The fourth-order valence-electron chi connectivity index (χ4n) is 4.90. The van der Waals surface area contributed by atoms with Gasteiger partial charge >= 0.3 is 4.87 Å². The molecule has 3 nitrogen and oxygen atoms in total. The first kappa shape index (κ1) is 13.3. The van der Waals surface area contributed by atoms with Gasteiger partial charge in [0, 0.05) is 16.0 Å². The monoisotopic (exact) mass is 331 g/mol. The van der Waals surface area contributed by atoms with Gasteiger partial charge < -0.3 is 10.1 Å². The summed E-state index contributed by atoms with van der Waals surface area (Å²) in [6, 6.07) is 7.61. The second kappa shape index (κ2) is 4.65. The van der Waals surface area contributed by atoms with Crippen LogP contribution in [0.25, 0.3) is 0 Å². The number of nitrogens with one attached hydrogen (secondary N) is 1. The largest absolute Gasteiger partial charge is 0.508 e. The number of aromatic amines is 1. The average molecular weight is 331 g/mol. The van der Waals surface area contributed by atoms with Crippen LogP contribution in [0.4, 0.5) is 0 Å². The lowest BCUT2D eigenvalue weighted by Crippen LogP contribution is -2.33. The van der Waals surface area contributed by atoms with Crippen LogP contribution in [-0.4, -0.2) is 15.3 Å². The molecule has 2 N–H and O–H groups in total. The minimum Gasteiger partial charge on any atom is -0.508 e. The van der Waals surface area contributed by atoms with Crippen molar-refractivity contribution in [2.75, 3.05) is 0 Å². The number of rotatable bonds is 1. The zero-order chi connectivity index (χ0) is 14.8. The fourth-order valence-corrected chi connectivity index (χ4v) is 7.80. The highest BCUT2D eigenvalue weighted by atomic mass is 32.2. The molecule has 2 aliphatic carbocycles. The molecule has 5 heteroatoms. The molecule has 114 valence electrons. The van der Waals surface area contributed by atoms with E-state index in [0.29, 0.717) is 22.8 Å². The quantitative estimate of drug-likeness (QED) is 0.836. The smallest absolute Gasteiger partial charge is 0.305 e. The van der Waals surface area contributed by atoms with E-state index < -0.39 is 0 Å². The van der Waals surface area contributed by atoms with E-state index >= 15 is 0 Å². The van der Waals surface area contributed by atoms with Crippen molar-refractivity contribution in [2.24, 2.45) is 17.8 Å². The van der Waals surface area contributed by atoms with E-state index in [1.807, 2.05) is 23.9 Å². The number of aromatic hydroxyl groups is 1. The summed E-state index contributed by atoms with van der Waals surface area (Å²) in [4.78, 5) is 16.2. The van der Waals surface area contributed by atoms with E-state index in [1.54, 1.807) is 12.1 Å². The first-order chi connectivity index (χ1) is 10.7. The molecule has 2 bridgehead atoms. The average Bonchev–Trinajstić information content (AvgIpc) is 3.19. The van der Waals surface area contributed by atoms with Crippen LogP contribution in [0.15, 0.2) is 34.1 Å². The Labute approximate surface area is 136 Å². The third kappa shape index (κ3) is 1.78. The van der Waals surface area contributed by atoms with Gasteiger partial charge in [-0.15, -0.1) is 11.8 Å². The van der Waals surface area contributed by atoms with Crippen LogP contribution >= 0.6 is 23.1 Å². The van der Waals surface area contributed by atoms with Crippen LogP contribution in [0.1, 0.15) is 35.6 Å². The molecule has 0 radical (unpaired) electrons. The molecule has 0 unspecified atom stereocenters. The number of benzene rings is 1. The molecule has 2 aromatic rings. The molecular formula is C17H17NO2S2. The maximum absolute atomic E-state index is 11.9. The molecule has 22 heavy (non-hydrogen) atoms. The fraction of sp³-hybridized carbons (Fsp3) is 0.471. The maximum Gasteiger partial charge on any atom is 0.305 e. The minimum atomic E-state index is 0.0635. The van der Waals surface area contributed by atoms with Gasteiger partial charge in [0.2, 0.25) is 0 Å². The van der Waals surface area contributed by atoms with Crippen LogP contribution in [0, 0.1) is 17.8 Å². The van der Waals surface area contributed by atoms with Crippen LogP contribution in [0.5, 0.6) is 5.75 Å². The molecule has 5 rings (SSSR count). The summed E-state index contributed by atoms with van der Waals surface area (Å²) in [5.41, 5.74) is 1.25. The van der Waals surface area contributed by atoms with Crippen molar-refractivity contribution in [3.63, 3.8) is 0 Å². The van der Waals surface area contributed by atoms with Crippen LogP contribution in [-0.2, 0) is 0 Å². The third-order valence-electron chi connectivity index (χ3n) is 5.72. The number of thiazole rings is 1. The van der Waals surface area contributed by atoms with Gasteiger partial charge in [-0.3, -0.25) is 4.79 Å². The van der Waals surface area contributed by atoms with E-state index in [1.165, 1.54) is 41.0 Å². The number of hydrogen-bond donors (Lipinski definition) is 2. The highest BCUT2D eigenvalue weighted by Gasteiger charge is 2.54. The maximum atomic E-state index is 11.9. The first-order valence-corrected chi connectivity index (χ1v) is 9.59. The standard InChI is InChI=1S/C17H17NO2S2/c19-11-5-3-8(4-6-11)12-13-9-1-2-10(7-9)14(13)21-16-15(12)22-17(20)18-16/h3-6,9-10,12-14,19H,1-2,7H2,(H,18,20)/t9-,10-,12+,13-,14+/m0/s1. The molecule has 3 aliphatic rings. The molecule has 0 amide bonds. The Morgan fingerprint density at radius 1 is 1.14 bits per heavy atom. The number of H-pyrrole nitrogens is 1. The number of aromatic nitrogens is 1. The number of phenolic OH excluding ortho intramolecular Hbond substituents is 1. The molecule has 2 fully saturated rings. The van der Waals surface area contributed by atoms with Crippen LogP contribution in [0.2, 0.25) is 0 Å². The van der Waals surface area contributed by atoms with Gasteiger partial charge in [-0.2, -0.15) is 0 Å². The van der Waals surface area contributed by atoms with Gasteiger partial charge in [-0.05, 0) is 54.7 Å². The summed E-state index contributed by atoms with van der Waals surface area (Å²) in [5, 5.41) is 11.3. The Morgan fingerprint density at radius 2 is 1.91 bits per heavy atom. The van der Waals surface area contributed by atoms with Gasteiger partial charge in [0.05, 0.1) is 5.03 Å². The molecular weight excluding hydrogens is 314 g/mol. The number of phenols is 1. The summed E-state index contributed by atoms with van der Waals surface area (Å²) in [6.07, 6.45) is 4.05. The summed E-state index contributed by atoms with van der Waals surface area (Å²) in [6.45, 7) is 0. The van der Waals surface area contributed by atoms with Gasteiger partial charge in [-0.25, -0.2) is 0 Å². The summed E-state index contributed by atoms with van der Waals surface area (Å²) >= 11 is 3.30. The van der Waals surface area contributed by atoms with Crippen molar-refractivity contribution in [3.8, 4) is 5.75 Å². The van der Waals surface area contributed by atoms with E-state index in [0.717, 1.165) is 16.9 Å². The van der Waals surface area contributed by atoms with Crippen molar-refractivity contribution in [3.05, 3.63) is 44.4 Å². The minimum absolute atomic E-state index is 0.0635. The van der Waals surface area contributed by atoms with E-state index in [4.69, 9.17) is 0 Å². The Balaban J connectivity index is 1.68. The van der Waals surface area contributed by atoms with Crippen LogP contribution < -0.4 is 4.87 Å². The number of thioether (sulfide) groups is 1. The van der Waals surface area contributed by atoms with E-state index in [-0.39, 0.29) is 4.87 Å². The third-order valence-corrected chi connectivity index (χ3v) is 8.34. The van der Waals surface area contributed by atoms with Crippen molar-refractivity contribution >= 4 is 23.1 Å². The lowest BCUT2D eigenvalue weighted by Gasteiger charge is -2.40. The molecule has 2 heterocycles. The van der Waals surface area contributed by atoms with Crippen molar-refractivity contribution < 1.29 is 5.11 Å². The Morgan fingerprint density at radius 3 is 2.73 bits per heavy atom. The van der Waals surface area contributed by atoms with Gasteiger partial charge in [-0.1, -0.05) is 23.5 Å². The van der Waals surface area contributed by atoms with Gasteiger partial charge in [0.15, 0.2) is 0 Å². The van der Waals surface area contributed by atoms with Gasteiger partial charge in [0.1, 0.15) is 5.75 Å². The SMILES string of the molecule is O=c1[nH]c2c(s1)[C@H](c1ccc(O)cc1)[C@@H]1[C@H]3CC[C@@H](C3)[C@H]1S2. The zero-order valence-corrected chi connectivity index (χ0v) is 13.6. The molecule has 5 atom stereocenters. The molecule has 0 saturated heterocycles. The highest BCUT2D eigenvalue weighted by molar-refractivity contribution is 8.00. The Bertz CT molecular complexity index is 779. The lowest BCUT2D eigenvalue weighted by atomic mass is 9.75. The van der Waals surface area contributed by atoms with Crippen LogP contribution in [0.3, 0.4) is 0 Å². The Kier molecular flexibility index (Phi) is 2.80. The Hall–Kier alpha value is -1.20. The van der Waals surface area contributed by atoms with Crippen molar-refractivity contribution in [1.29, 1.82) is 0 Å². The van der Waals surface area contributed by atoms with E-state index in [9.17, 15) is 9.90 Å². The summed E-state index contributed by atoms with van der Waals surface area (Å²) in [5.74, 6) is 2.89. The molecule has 0 spiro atoms. The van der Waals surface area contributed by atoms with Gasteiger partial charge in [0.25, 0.3) is 0 Å². The normalized spacial score (nSPS) is 35.4. The van der Waals surface area contributed by atoms with E-state index in [2.05, 4.69) is 4.98 Å². The zero-order valence-electron chi connectivity index (χ0n) is 12.0. The summed E-state index contributed by atoms with van der Waals surface area (Å²) < 4.78 is 0. The first-order valence-electron chi connectivity index (χ1n) is 7.89. The molecule has 2 saturated carbocycles. The predicted molar refractivity (Wildman–Crippen MR) is 88.9 cm³/mol.